The van der Waals surface area contributed by atoms with Crippen molar-refractivity contribution < 1.29 is 4.39 Å². The average molecular weight is 211 g/mol. The molecular formula is C14H10FN. The molecule has 0 bridgehead atoms. The van der Waals surface area contributed by atoms with E-state index in [2.05, 4.69) is 16.8 Å². The van der Waals surface area contributed by atoms with Gasteiger partial charge in [0.15, 0.2) is 5.82 Å². The minimum atomic E-state index is -0.372. The van der Waals surface area contributed by atoms with Gasteiger partial charge in [0.2, 0.25) is 0 Å². The first-order chi connectivity index (χ1) is 7.75. The van der Waals surface area contributed by atoms with Crippen molar-refractivity contribution in [2.45, 2.75) is 6.92 Å². The Balaban J connectivity index is 2.31. The largest absolute Gasteiger partial charge is 0.244 e. The minimum absolute atomic E-state index is 0.189. The molecule has 0 aliphatic heterocycles. The molecule has 2 heteroatoms. The van der Waals surface area contributed by atoms with Gasteiger partial charge in [-0.1, -0.05) is 24.1 Å². The Morgan fingerprint density at radius 3 is 2.56 bits per heavy atom. The Hall–Kier alpha value is -2.14. The van der Waals surface area contributed by atoms with Gasteiger partial charge in [0, 0.05) is 11.8 Å². The highest BCUT2D eigenvalue weighted by atomic mass is 19.1. The predicted octanol–water partition coefficient (Wildman–Crippen LogP) is 2.93. The molecule has 0 spiro atoms. The topological polar surface area (TPSA) is 12.9 Å². The molecule has 0 atom stereocenters. The van der Waals surface area contributed by atoms with Gasteiger partial charge in [-0.3, -0.25) is 0 Å². The second-order valence-electron chi connectivity index (χ2n) is 3.46. The maximum Gasteiger partial charge on any atom is 0.157 e. The van der Waals surface area contributed by atoms with Crippen molar-refractivity contribution in [1.29, 1.82) is 0 Å². The van der Waals surface area contributed by atoms with E-state index in [1.165, 1.54) is 6.07 Å². The van der Waals surface area contributed by atoms with E-state index in [0.29, 0.717) is 0 Å². The molecule has 78 valence electrons. The number of pyridine rings is 1. The lowest BCUT2D eigenvalue weighted by Gasteiger charge is -1.94. The molecule has 1 aromatic heterocycles. The molecular weight excluding hydrogens is 201 g/mol. The van der Waals surface area contributed by atoms with Gasteiger partial charge in [0.1, 0.15) is 5.69 Å². The Morgan fingerprint density at radius 2 is 1.88 bits per heavy atom. The summed E-state index contributed by atoms with van der Waals surface area (Å²) in [6.45, 7) is 1.80. The highest BCUT2D eigenvalue weighted by Crippen LogP contribution is 2.05. The minimum Gasteiger partial charge on any atom is -0.244 e. The fraction of sp³-hybridized carbons (Fsp3) is 0.0714. The quantitative estimate of drug-likeness (QED) is 0.610. The molecule has 0 saturated heterocycles. The van der Waals surface area contributed by atoms with E-state index in [1.54, 1.807) is 13.1 Å². The SMILES string of the molecule is Cc1cnc(C#Cc2ccccc2)c(F)c1. The molecule has 1 heterocycles. The van der Waals surface area contributed by atoms with Gasteiger partial charge in [0.05, 0.1) is 0 Å². The zero-order chi connectivity index (χ0) is 11.4. The molecule has 0 radical (unpaired) electrons. The molecule has 1 nitrogen and oxygen atoms in total. The smallest absolute Gasteiger partial charge is 0.157 e. The maximum absolute atomic E-state index is 13.4. The van der Waals surface area contributed by atoms with E-state index in [1.807, 2.05) is 30.3 Å². The second-order valence-corrected chi connectivity index (χ2v) is 3.46. The highest BCUT2D eigenvalue weighted by Gasteiger charge is 1.99. The lowest BCUT2D eigenvalue weighted by molar-refractivity contribution is 0.615. The Bertz CT molecular complexity index is 550. The Labute approximate surface area is 94.0 Å². The summed E-state index contributed by atoms with van der Waals surface area (Å²) in [5.74, 6) is 5.22. The summed E-state index contributed by atoms with van der Waals surface area (Å²) in [6, 6.07) is 10.9. The van der Waals surface area contributed by atoms with E-state index >= 15 is 0 Å². The highest BCUT2D eigenvalue weighted by molar-refractivity contribution is 5.40. The first kappa shape index (κ1) is 10.4. The molecule has 2 aromatic rings. The lowest BCUT2D eigenvalue weighted by Crippen LogP contribution is -1.90. The van der Waals surface area contributed by atoms with Crippen molar-refractivity contribution in [3.05, 3.63) is 65.2 Å². The summed E-state index contributed by atoms with van der Waals surface area (Å²) in [4.78, 5) is 3.94. The standard InChI is InChI=1S/C14H10FN/c1-11-9-13(15)14(16-10-11)8-7-12-5-3-2-4-6-12/h2-6,9-10H,1H3. The summed E-state index contributed by atoms with van der Waals surface area (Å²) >= 11 is 0. The predicted molar refractivity (Wildman–Crippen MR) is 61.4 cm³/mol. The van der Waals surface area contributed by atoms with Crippen molar-refractivity contribution in [2.24, 2.45) is 0 Å². The number of rotatable bonds is 0. The number of hydrogen-bond acceptors (Lipinski definition) is 1. The molecule has 16 heavy (non-hydrogen) atoms. The number of aromatic nitrogens is 1. The van der Waals surface area contributed by atoms with E-state index in [0.717, 1.165) is 11.1 Å². The van der Waals surface area contributed by atoms with Gasteiger partial charge in [-0.05, 0) is 36.6 Å². The zero-order valence-corrected chi connectivity index (χ0v) is 8.87. The molecule has 1 aromatic carbocycles. The fourth-order valence-electron chi connectivity index (χ4n) is 1.28. The van der Waals surface area contributed by atoms with E-state index in [9.17, 15) is 4.39 Å². The molecule has 0 saturated carbocycles. The van der Waals surface area contributed by atoms with Gasteiger partial charge >= 0.3 is 0 Å². The summed E-state index contributed by atoms with van der Waals surface area (Å²) in [5, 5.41) is 0. The van der Waals surface area contributed by atoms with E-state index in [4.69, 9.17) is 0 Å². The van der Waals surface area contributed by atoms with Crippen LogP contribution in [0.25, 0.3) is 0 Å². The first-order valence-electron chi connectivity index (χ1n) is 4.95. The number of nitrogens with zero attached hydrogens (tertiary/aromatic N) is 1. The molecule has 0 fully saturated rings. The number of hydrogen-bond donors (Lipinski definition) is 0. The zero-order valence-electron chi connectivity index (χ0n) is 8.87. The lowest BCUT2D eigenvalue weighted by atomic mass is 10.2. The van der Waals surface area contributed by atoms with Crippen molar-refractivity contribution in [3.63, 3.8) is 0 Å². The third-order valence-corrected chi connectivity index (χ3v) is 2.08. The monoisotopic (exact) mass is 211 g/mol. The van der Waals surface area contributed by atoms with Crippen LogP contribution in [-0.4, -0.2) is 4.98 Å². The normalized spacial score (nSPS) is 9.38. The number of benzene rings is 1. The molecule has 0 unspecified atom stereocenters. The first-order valence-corrected chi connectivity index (χ1v) is 4.95. The van der Waals surface area contributed by atoms with Gasteiger partial charge in [-0.15, -0.1) is 0 Å². The maximum atomic E-state index is 13.4. The third-order valence-electron chi connectivity index (χ3n) is 2.08. The summed E-state index contributed by atoms with van der Waals surface area (Å²) in [6.07, 6.45) is 1.61. The average Bonchev–Trinajstić information content (AvgIpc) is 2.29. The van der Waals surface area contributed by atoms with Gasteiger partial charge < -0.3 is 0 Å². The van der Waals surface area contributed by atoms with Crippen LogP contribution in [0.2, 0.25) is 0 Å². The molecule has 0 amide bonds. The van der Waals surface area contributed by atoms with E-state index < -0.39 is 0 Å². The number of aryl methyl sites for hydroxylation is 1. The second kappa shape index (κ2) is 4.59. The van der Waals surface area contributed by atoms with Crippen LogP contribution in [0.1, 0.15) is 16.8 Å². The van der Waals surface area contributed by atoms with Crippen LogP contribution in [0.15, 0.2) is 42.6 Å². The van der Waals surface area contributed by atoms with Crippen LogP contribution in [-0.2, 0) is 0 Å². The van der Waals surface area contributed by atoms with Crippen LogP contribution in [0.5, 0.6) is 0 Å². The molecule has 0 aliphatic carbocycles. The van der Waals surface area contributed by atoms with Crippen LogP contribution < -0.4 is 0 Å². The van der Waals surface area contributed by atoms with E-state index in [-0.39, 0.29) is 11.5 Å². The van der Waals surface area contributed by atoms with Gasteiger partial charge in [-0.2, -0.15) is 0 Å². The fourth-order valence-corrected chi connectivity index (χ4v) is 1.28. The van der Waals surface area contributed by atoms with Gasteiger partial charge in [0.25, 0.3) is 0 Å². The summed E-state index contributed by atoms with van der Waals surface area (Å²) in [7, 11) is 0. The van der Waals surface area contributed by atoms with Crippen LogP contribution in [0, 0.1) is 24.6 Å². The Morgan fingerprint density at radius 1 is 1.12 bits per heavy atom. The van der Waals surface area contributed by atoms with Crippen LogP contribution >= 0.6 is 0 Å². The summed E-state index contributed by atoms with van der Waals surface area (Å²) < 4.78 is 13.4. The number of halogens is 1. The summed E-state index contributed by atoms with van der Waals surface area (Å²) in [5.41, 5.74) is 1.83. The van der Waals surface area contributed by atoms with Crippen molar-refractivity contribution in [3.8, 4) is 11.8 Å². The molecule has 0 N–H and O–H groups in total. The molecule has 0 aliphatic rings. The third kappa shape index (κ3) is 2.46. The Kier molecular flexibility index (Phi) is 2.98. The van der Waals surface area contributed by atoms with Crippen LogP contribution in [0.3, 0.4) is 0 Å². The van der Waals surface area contributed by atoms with Crippen molar-refractivity contribution in [2.75, 3.05) is 0 Å². The van der Waals surface area contributed by atoms with Crippen molar-refractivity contribution >= 4 is 0 Å². The molecule has 2 rings (SSSR count). The van der Waals surface area contributed by atoms with Crippen molar-refractivity contribution in [1.82, 2.24) is 4.98 Å². The van der Waals surface area contributed by atoms with Gasteiger partial charge in [-0.25, -0.2) is 9.37 Å². The van der Waals surface area contributed by atoms with Crippen LogP contribution in [0.4, 0.5) is 4.39 Å².